The van der Waals surface area contributed by atoms with Gasteiger partial charge in [0, 0.05) is 6.20 Å². The topological polar surface area (TPSA) is 24.9 Å². The molecule has 0 aliphatic heterocycles. The molecule has 3 rings (SSSR count). The van der Waals surface area contributed by atoms with Crippen LogP contribution in [0, 0.1) is 5.92 Å². The molecule has 2 nitrogen and oxygen atoms in total. The molecule has 1 aromatic rings. The molecule has 0 radical (unpaired) electrons. The standard InChI is InChI=1S/C14H20N2/c1-3-11(4-1)8-10-15-13-7-6-12-5-2-9-16-14(12)13/h2,5,9,11,13,15H,1,3-4,6-8,10H2. The first-order valence-corrected chi connectivity index (χ1v) is 6.60. The summed E-state index contributed by atoms with van der Waals surface area (Å²) in [6.45, 7) is 1.17. The van der Waals surface area contributed by atoms with Gasteiger partial charge in [-0.1, -0.05) is 25.3 Å². The van der Waals surface area contributed by atoms with Crippen molar-refractivity contribution in [3.05, 3.63) is 29.6 Å². The quantitative estimate of drug-likeness (QED) is 0.837. The number of rotatable bonds is 4. The van der Waals surface area contributed by atoms with Gasteiger partial charge in [-0.25, -0.2) is 0 Å². The van der Waals surface area contributed by atoms with Gasteiger partial charge in [-0.2, -0.15) is 0 Å². The largest absolute Gasteiger partial charge is 0.309 e. The highest BCUT2D eigenvalue weighted by Crippen LogP contribution is 2.31. The predicted molar refractivity (Wildman–Crippen MR) is 65.3 cm³/mol. The molecule has 16 heavy (non-hydrogen) atoms. The van der Waals surface area contributed by atoms with Crippen LogP contribution in [0.4, 0.5) is 0 Å². The maximum absolute atomic E-state index is 4.51. The van der Waals surface area contributed by atoms with Gasteiger partial charge in [0.05, 0.1) is 11.7 Å². The summed E-state index contributed by atoms with van der Waals surface area (Å²) in [7, 11) is 0. The van der Waals surface area contributed by atoms with Gasteiger partial charge in [0.2, 0.25) is 0 Å². The lowest BCUT2D eigenvalue weighted by Crippen LogP contribution is -2.24. The van der Waals surface area contributed by atoms with Gasteiger partial charge in [-0.05, 0) is 43.4 Å². The van der Waals surface area contributed by atoms with Gasteiger partial charge >= 0.3 is 0 Å². The number of aryl methyl sites for hydroxylation is 1. The second-order valence-corrected chi connectivity index (χ2v) is 5.18. The van der Waals surface area contributed by atoms with E-state index in [0.29, 0.717) is 6.04 Å². The summed E-state index contributed by atoms with van der Waals surface area (Å²) in [5.41, 5.74) is 2.75. The zero-order valence-corrected chi connectivity index (χ0v) is 9.78. The minimum absolute atomic E-state index is 0.524. The number of pyridine rings is 1. The lowest BCUT2D eigenvalue weighted by molar-refractivity contribution is 0.287. The molecular formula is C14H20N2. The van der Waals surface area contributed by atoms with Crippen molar-refractivity contribution in [2.45, 2.75) is 44.6 Å². The van der Waals surface area contributed by atoms with Gasteiger partial charge in [-0.15, -0.1) is 0 Å². The summed E-state index contributed by atoms with van der Waals surface area (Å²) in [5.74, 6) is 1.01. The Morgan fingerprint density at radius 2 is 2.25 bits per heavy atom. The van der Waals surface area contributed by atoms with Crippen LogP contribution in [0.15, 0.2) is 18.3 Å². The predicted octanol–water partition coefficient (Wildman–Crippen LogP) is 2.85. The molecule has 1 saturated carbocycles. The van der Waals surface area contributed by atoms with E-state index in [1.54, 1.807) is 0 Å². The average Bonchev–Trinajstić information content (AvgIpc) is 2.65. The summed E-state index contributed by atoms with van der Waals surface area (Å²) in [4.78, 5) is 4.51. The number of nitrogens with one attached hydrogen (secondary N) is 1. The first-order chi connectivity index (χ1) is 7.93. The third kappa shape index (κ3) is 1.99. The fourth-order valence-corrected chi connectivity index (χ4v) is 2.85. The first kappa shape index (κ1) is 10.3. The highest BCUT2D eigenvalue weighted by molar-refractivity contribution is 5.27. The Balaban J connectivity index is 1.52. The molecule has 2 aliphatic carbocycles. The first-order valence-electron chi connectivity index (χ1n) is 6.60. The van der Waals surface area contributed by atoms with Crippen LogP contribution >= 0.6 is 0 Å². The van der Waals surface area contributed by atoms with Crippen molar-refractivity contribution in [3.63, 3.8) is 0 Å². The Bertz CT molecular complexity index is 358. The molecule has 0 amide bonds. The average molecular weight is 216 g/mol. The summed E-state index contributed by atoms with van der Waals surface area (Å²) in [6, 6.07) is 4.79. The van der Waals surface area contributed by atoms with Gasteiger partial charge < -0.3 is 5.32 Å². The lowest BCUT2D eigenvalue weighted by atomic mass is 9.83. The minimum Gasteiger partial charge on any atom is -0.309 e. The maximum atomic E-state index is 4.51. The van der Waals surface area contributed by atoms with Crippen LogP contribution in [0.1, 0.15) is 49.4 Å². The summed E-state index contributed by atoms with van der Waals surface area (Å²) < 4.78 is 0. The Hall–Kier alpha value is -0.890. The van der Waals surface area contributed by atoms with E-state index < -0.39 is 0 Å². The third-order valence-electron chi connectivity index (χ3n) is 4.13. The molecule has 1 atom stereocenters. The number of nitrogens with zero attached hydrogens (tertiary/aromatic N) is 1. The minimum atomic E-state index is 0.524. The lowest BCUT2D eigenvalue weighted by Gasteiger charge is -2.26. The zero-order chi connectivity index (χ0) is 10.8. The van der Waals surface area contributed by atoms with Crippen molar-refractivity contribution in [1.29, 1.82) is 0 Å². The molecule has 0 saturated heterocycles. The van der Waals surface area contributed by atoms with E-state index in [4.69, 9.17) is 0 Å². The van der Waals surface area contributed by atoms with Gasteiger partial charge in [0.15, 0.2) is 0 Å². The highest BCUT2D eigenvalue weighted by Gasteiger charge is 2.23. The fraction of sp³-hybridized carbons (Fsp3) is 0.643. The number of aromatic nitrogens is 1. The number of fused-ring (bicyclic) bond motifs is 1. The molecular weight excluding hydrogens is 196 g/mol. The smallest absolute Gasteiger partial charge is 0.0605 e. The van der Waals surface area contributed by atoms with Gasteiger partial charge in [0.25, 0.3) is 0 Å². The van der Waals surface area contributed by atoms with Crippen LogP contribution in [0.25, 0.3) is 0 Å². The zero-order valence-electron chi connectivity index (χ0n) is 9.78. The molecule has 0 spiro atoms. The van der Waals surface area contributed by atoms with Crippen LogP contribution in [-0.2, 0) is 6.42 Å². The van der Waals surface area contributed by atoms with Crippen molar-refractivity contribution in [1.82, 2.24) is 10.3 Å². The van der Waals surface area contributed by atoms with Crippen molar-refractivity contribution >= 4 is 0 Å². The molecule has 86 valence electrons. The molecule has 1 aromatic heterocycles. The summed E-state index contributed by atoms with van der Waals surface area (Å²) >= 11 is 0. The van der Waals surface area contributed by atoms with E-state index in [1.807, 2.05) is 6.20 Å². The number of hydrogen-bond acceptors (Lipinski definition) is 2. The van der Waals surface area contributed by atoms with Crippen molar-refractivity contribution in [3.8, 4) is 0 Å². The second kappa shape index (κ2) is 4.54. The third-order valence-corrected chi connectivity index (χ3v) is 4.13. The van der Waals surface area contributed by atoms with Crippen LogP contribution in [0.2, 0.25) is 0 Å². The Kier molecular flexibility index (Phi) is 2.92. The van der Waals surface area contributed by atoms with E-state index in [-0.39, 0.29) is 0 Å². The monoisotopic (exact) mass is 216 g/mol. The molecule has 1 fully saturated rings. The van der Waals surface area contributed by atoms with E-state index in [9.17, 15) is 0 Å². The van der Waals surface area contributed by atoms with E-state index in [2.05, 4.69) is 22.4 Å². The Morgan fingerprint density at radius 3 is 3.06 bits per heavy atom. The molecule has 1 heterocycles. The molecule has 2 heteroatoms. The van der Waals surface area contributed by atoms with Crippen molar-refractivity contribution < 1.29 is 0 Å². The molecule has 1 N–H and O–H groups in total. The van der Waals surface area contributed by atoms with E-state index >= 15 is 0 Å². The van der Waals surface area contributed by atoms with Crippen LogP contribution in [0.5, 0.6) is 0 Å². The Morgan fingerprint density at radius 1 is 1.31 bits per heavy atom. The van der Waals surface area contributed by atoms with Gasteiger partial charge in [0.1, 0.15) is 0 Å². The van der Waals surface area contributed by atoms with Crippen LogP contribution < -0.4 is 5.32 Å². The normalized spacial score (nSPS) is 24.1. The fourth-order valence-electron chi connectivity index (χ4n) is 2.85. The SMILES string of the molecule is c1cnc2c(c1)CCC2NCCC1CCC1. The maximum Gasteiger partial charge on any atom is 0.0605 e. The molecule has 2 aliphatic rings. The highest BCUT2D eigenvalue weighted by atomic mass is 14.9. The molecule has 0 aromatic carbocycles. The van der Waals surface area contributed by atoms with Gasteiger partial charge in [-0.3, -0.25) is 4.98 Å². The summed E-state index contributed by atoms with van der Waals surface area (Å²) in [5, 5.41) is 3.67. The van der Waals surface area contributed by atoms with Crippen LogP contribution in [0.3, 0.4) is 0 Å². The Labute approximate surface area is 97.5 Å². The number of hydrogen-bond donors (Lipinski definition) is 1. The molecule has 0 bridgehead atoms. The molecule has 1 unspecified atom stereocenters. The van der Waals surface area contributed by atoms with E-state index in [1.165, 1.54) is 56.3 Å². The van der Waals surface area contributed by atoms with Crippen molar-refractivity contribution in [2.24, 2.45) is 5.92 Å². The van der Waals surface area contributed by atoms with Crippen LogP contribution in [-0.4, -0.2) is 11.5 Å². The van der Waals surface area contributed by atoms with E-state index in [0.717, 1.165) is 5.92 Å². The summed E-state index contributed by atoms with van der Waals surface area (Å²) in [6.07, 6.45) is 10.1. The second-order valence-electron chi connectivity index (χ2n) is 5.18. The van der Waals surface area contributed by atoms with Crippen molar-refractivity contribution in [2.75, 3.05) is 6.54 Å².